The molecule has 1 aliphatic carbocycles. The fourth-order valence-corrected chi connectivity index (χ4v) is 4.83. The molecular formula is C33H36O4. The van der Waals surface area contributed by atoms with Gasteiger partial charge >= 0.3 is 0 Å². The number of rotatable bonds is 14. The first-order chi connectivity index (χ1) is 18.0. The van der Waals surface area contributed by atoms with E-state index < -0.39 is 5.41 Å². The third kappa shape index (κ3) is 5.56. The van der Waals surface area contributed by atoms with Crippen LogP contribution < -0.4 is 0 Å². The van der Waals surface area contributed by atoms with Crippen LogP contribution in [0, 0.1) is 0 Å². The molecule has 0 bridgehead atoms. The lowest BCUT2D eigenvalue weighted by molar-refractivity contribution is 0.185. The van der Waals surface area contributed by atoms with E-state index >= 15 is 0 Å². The van der Waals surface area contributed by atoms with Crippen molar-refractivity contribution in [2.24, 2.45) is 0 Å². The molecule has 1 aromatic rings. The lowest BCUT2D eigenvalue weighted by atomic mass is 9.65. The minimum Gasteiger partial charge on any atom is -0.495 e. The van der Waals surface area contributed by atoms with Crippen LogP contribution in [0.15, 0.2) is 127 Å². The van der Waals surface area contributed by atoms with Crippen molar-refractivity contribution in [2.75, 3.05) is 26.4 Å². The first-order valence-corrected chi connectivity index (χ1v) is 12.6. The summed E-state index contributed by atoms with van der Waals surface area (Å²) in [6.45, 7) is 23.2. The summed E-state index contributed by atoms with van der Waals surface area (Å²) in [6.07, 6.45) is 16.3. The largest absolute Gasteiger partial charge is 0.495 e. The highest BCUT2D eigenvalue weighted by Crippen LogP contribution is 2.56. The molecule has 3 atom stereocenters. The maximum absolute atomic E-state index is 5.88. The van der Waals surface area contributed by atoms with Gasteiger partial charge in [0.05, 0.1) is 24.4 Å². The summed E-state index contributed by atoms with van der Waals surface area (Å²) in [7, 11) is 0. The van der Waals surface area contributed by atoms with Crippen molar-refractivity contribution in [3.8, 4) is 0 Å². The Morgan fingerprint density at radius 1 is 0.973 bits per heavy atom. The van der Waals surface area contributed by atoms with Crippen molar-refractivity contribution >= 4 is 5.57 Å². The van der Waals surface area contributed by atoms with E-state index in [9.17, 15) is 0 Å². The van der Waals surface area contributed by atoms with Crippen molar-refractivity contribution < 1.29 is 18.9 Å². The van der Waals surface area contributed by atoms with Crippen LogP contribution >= 0.6 is 0 Å². The summed E-state index contributed by atoms with van der Waals surface area (Å²) >= 11 is 0. The van der Waals surface area contributed by atoms with E-state index in [-0.39, 0.29) is 12.2 Å². The average Bonchev–Trinajstić information content (AvgIpc) is 3.85. The molecule has 2 fully saturated rings. The molecule has 2 saturated heterocycles. The third-order valence-electron chi connectivity index (χ3n) is 6.82. The number of benzene rings is 1. The van der Waals surface area contributed by atoms with Crippen LogP contribution in [0.1, 0.15) is 25.0 Å². The first kappa shape index (κ1) is 26.5. The van der Waals surface area contributed by atoms with Crippen molar-refractivity contribution in [3.63, 3.8) is 0 Å². The molecule has 0 amide bonds. The fraction of sp³-hybridized carbons (Fsp3) is 0.273. The number of epoxide rings is 2. The van der Waals surface area contributed by atoms with Crippen LogP contribution in [0.4, 0.5) is 0 Å². The molecule has 0 aromatic heterocycles. The molecule has 4 heteroatoms. The van der Waals surface area contributed by atoms with E-state index in [1.165, 1.54) is 0 Å². The Hall–Kier alpha value is -3.60. The normalized spacial score (nSPS) is 25.1. The van der Waals surface area contributed by atoms with Crippen LogP contribution in [-0.2, 0) is 24.4 Å². The predicted molar refractivity (Wildman–Crippen MR) is 151 cm³/mol. The third-order valence-corrected chi connectivity index (χ3v) is 6.82. The summed E-state index contributed by atoms with van der Waals surface area (Å²) in [5, 5.41) is 0. The van der Waals surface area contributed by atoms with Gasteiger partial charge in [0.1, 0.15) is 31.2 Å². The predicted octanol–water partition coefficient (Wildman–Crippen LogP) is 6.93. The molecule has 37 heavy (non-hydrogen) atoms. The zero-order valence-electron chi connectivity index (χ0n) is 21.9. The van der Waals surface area contributed by atoms with Gasteiger partial charge < -0.3 is 18.9 Å². The van der Waals surface area contributed by atoms with Gasteiger partial charge in [-0.3, -0.25) is 0 Å². The highest BCUT2D eigenvalue weighted by atomic mass is 16.6. The first-order valence-electron chi connectivity index (χ1n) is 12.6. The monoisotopic (exact) mass is 496 g/mol. The maximum Gasteiger partial charge on any atom is 0.117 e. The van der Waals surface area contributed by atoms with Gasteiger partial charge in [0, 0.05) is 0 Å². The summed E-state index contributed by atoms with van der Waals surface area (Å²) in [5.74, 6) is 1.39. The second-order valence-corrected chi connectivity index (χ2v) is 9.21. The minimum atomic E-state index is -0.662. The lowest BCUT2D eigenvalue weighted by Gasteiger charge is -2.36. The van der Waals surface area contributed by atoms with E-state index in [2.05, 4.69) is 68.8 Å². The highest BCUT2D eigenvalue weighted by Gasteiger charge is 2.46. The van der Waals surface area contributed by atoms with E-state index in [4.69, 9.17) is 18.9 Å². The van der Waals surface area contributed by atoms with Gasteiger partial charge in [-0.25, -0.2) is 0 Å². The van der Waals surface area contributed by atoms with Gasteiger partial charge in [0.15, 0.2) is 0 Å². The molecular weight excluding hydrogens is 460 g/mol. The fourth-order valence-electron chi connectivity index (χ4n) is 4.83. The topological polar surface area (TPSA) is 43.5 Å². The quantitative estimate of drug-likeness (QED) is 0.159. The van der Waals surface area contributed by atoms with Crippen molar-refractivity contribution in [1.82, 2.24) is 0 Å². The van der Waals surface area contributed by atoms with Gasteiger partial charge in [-0.1, -0.05) is 87.0 Å². The molecule has 0 saturated carbocycles. The molecule has 0 spiro atoms. The number of hydrogen-bond donors (Lipinski definition) is 0. The Morgan fingerprint density at radius 3 is 2.24 bits per heavy atom. The number of allylic oxidation sites excluding steroid dienone is 13. The van der Waals surface area contributed by atoms with Crippen LogP contribution in [-0.4, -0.2) is 38.6 Å². The van der Waals surface area contributed by atoms with Crippen LogP contribution in [0.25, 0.3) is 5.57 Å². The molecule has 0 N–H and O–H groups in total. The van der Waals surface area contributed by atoms with Crippen LogP contribution in [0.5, 0.6) is 0 Å². The highest BCUT2D eigenvalue weighted by molar-refractivity contribution is 5.92. The Kier molecular flexibility index (Phi) is 8.32. The molecule has 2 aliphatic heterocycles. The van der Waals surface area contributed by atoms with Crippen LogP contribution in [0.3, 0.4) is 0 Å². The van der Waals surface area contributed by atoms with E-state index in [0.717, 1.165) is 52.4 Å². The van der Waals surface area contributed by atoms with E-state index in [1.807, 2.05) is 44.2 Å². The number of ether oxygens (including phenoxy) is 4. The Bertz CT molecular complexity index is 1230. The molecule has 1 aromatic carbocycles. The van der Waals surface area contributed by atoms with Crippen molar-refractivity contribution in [3.05, 3.63) is 139 Å². The lowest BCUT2D eigenvalue weighted by Crippen LogP contribution is -2.30. The second-order valence-electron chi connectivity index (χ2n) is 9.21. The molecule has 3 unspecified atom stereocenters. The summed E-state index contributed by atoms with van der Waals surface area (Å²) in [4.78, 5) is 0. The molecule has 3 aliphatic rings. The minimum absolute atomic E-state index is 0.170. The van der Waals surface area contributed by atoms with E-state index in [0.29, 0.717) is 19.0 Å². The van der Waals surface area contributed by atoms with Gasteiger partial charge in [0.25, 0.3) is 0 Å². The Morgan fingerprint density at radius 2 is 1.65 bits per heavy atom. The second kappa shape index (κ2) is 11.6. The Balaban J connectivity index is 1.83. The van der Waals surface area contributed by atoms with Gasteiger partial charge in [-0.15, -0.1) is 0 Å². The zero-order valence-corrected chi connectivity index (χ0v) is 21.9. The summed E-state index contributed by atoms with van der Waals surface area (Å²) < 4.78 is 22.2. The van der Waals surface area contributed by atoms with Crippen LogP contribution in [0.2, 0.25) is 0 Å². The molecule has 2 heterocycles. The van der Waals surface area contributed by atoms with Gasteiger partial charge in [0.2, 0.25) is 0 Å². The SMILES string of the molecule is C=CC1=C(C=C)C(/C(C=C)=C/C=C(\C)OCC2CO2)(C(/C=C\C(=C)OCC2CO2)=C/C)c2ccccc21. The molecule has 4 nitrogen and oxygen atoms in total. The number of hydrogen-bond acceptors (Lipinski definition) is 4. The van der Waals surface area contributed by atoms with Crippen molar-refractivity contribution in [1.29, 1.82) is 0 Å². The molecule has 4 rings (SSSR count). The summed E-state index contributed by atoms with van der Waals surface area (Å²) in [5.41, 5.74) is 5.73. The van der Waals surface area contributed by atoms with Crippen molar-refractivity contribution in [2.45, 2.75) is 31.5 Å². The summed E-state index contributed by atoms with van der Waals surface area (Å²) in [6, 6.07) is 8.41. The standard InChI is InChI=1S/C33H36O4/c1-7-25(17-15-23(5)34-19-27-21-36-27)33(26(8-2)18-16-24(6)35-20-28-22-37-28)31(10-4)29(9-3)30-13-11-12-14-32(30)33/h7-18,27-28H,1,3-4,6,19-22H2,2,5H3/b18-16-,23-15+,25-17+,26-8+. The average molecular weight is 497 g/mol. The van der Waals surface area contributed by atoms with Gasteiger partial charge in [-0.2, -0.15) is 0 Å². The zero-order chi connectivity index (χ0) is 26.4. The van der Waals surface area contributed by atoms with Gasteiger partial charge in [-0.05, 0) is 59.4 Å². The smallest absolute Gasteiger partial charge is 0.117 e. The Labute approximate surface area is 221 Å². The number of fused-ring (bicyclic) bond motifs is 1. The molecule has 0 radical (unpaired) electrons. The van der Waals surface area contributed by atoms with E-state index in [1.54, 1.807) is 0 Å². The maximum atomic E-state index is 5.88. The molecule has 192 valence electrons.